The predicted octanol–water partition coefficient (Wildman–Crippen LogP) is 7.20. The van der Waals surface area contributed by atoms with Crippen molar-refractivity contribution in [2.24, 2.45) is 9.98 Å². The van der Waals surface area contributed by atoms with Crippen LogP contribution in [0.4, 0.5) is 28.9 Å². The van der Waals surface area contributed by atoms with Gasteiger partial charge in [0, 0.05) is 12.4 Å². The fourth-order valence-corrected chi connectivity index (χ4v) is 3.15. The highest BCUT2D eigenvalue weighted by Crippen LogP contribution is 2.28. The minimum Gasteiger partial charge on any atom is -0.488 e. The second-order valence-corrected chi connectivity index (χ2v) is 7.50. The van der Waals surface area contributed by atoms with Gasteiger partial charge in [0.15, 0.2) is 23.3 Å². The second kappa shape index (κ2) is 11.8. The van der Waals surface area contributed by atoms with Crippen molar-refractivity contribution in [2.45, 2.75) is 0 Å². The lowest BCUT2D eigenvalue weighted by molar-refractivity contribution is 0.218. The molecule has 0 heterocycles. The number of halogens is 4. The minimum atomic E-state index is -0.949. The predicted molar refractivity (Wildman–Crippen MR) is 131 cm³/mol. The van der Waals surface area contributed by atoms with Gasteiger partial charge in [0.05, 0.1) is 0 Å². The molecule has 4 aromatic rings. The fourth-order valence-electron chi connectivity index (χ4n) is 3.15. The molecule has 0 aliphatic heterocycles. The molecule has 4 rings (SSSR count). The molecule has 0 atom stereocenters. The maximum Gasteiger partial charge on any atom is 0.159 e. The van der Waals surface area contributed by atoms with Crippen LogP contribution in [0.5, 0.6) is 11.5 Å². The number of nitrogens with zero attached hydrogens (tertiary/aromatic N) is 2. The summed E-state index contributed by atoms with van der Waals surface area (Å²) in [5, 5.41) is 0. The Morgan fingerprint density at radius 1 is 0.528 bits per heavy atom. The lowest BCUT2D eigenvalue weighted by atomic mass is 10.2. The Labute approximate surface area is 205 Å². The molecule has 0 saturated carbocycles. The molecule has 8 heteroatoms. The Balaban J connectivity index is 1.36. The van der Waals surface area contributed by atoms with Crippen LogP contribution >= 0.6 is 0 Å². The summed E-state index contributed by atoms with van der Waals surface area (Å²) in [5.74, 6) is -2.76. The van der Waals surface area contributed by atoms with Gasteiger partial charge in [0.25, 0.3) is 0 Å². The maximum absolute atomic E-state index is 13.4. The van der Waals surface area contributed by atoms with Gasteiger partial charge >= 0.3 is 0 Å². The standard InChI is InChI=1S/C28H20F4N2O2/c29-21-11-9-19(15-23(21)31)17-33-25-5-1-3-7-27(25)35-13-14-36-28-8-4-2-6-26(28)34-18-20-10-12-22(30)24(32)16-20/h1-12,15-18H,13-14H2. The fraction of sp³-hybridized carbons (Fsp3) is 0.0714. The molecule has 0 fully saturated rings. The molecule has 0 N–H and O–H groups in total. The molecule has 0 radical (unpaired) electrons. The summed E-state index contributed by atoms with van der Waals surface area (Å²) in [7, 11) is 0. The van der Waals surface area contributed by atoms with Crippen molar-refractivity contribution in [1.82, 2.24) is 0 Å². The topological polar surface area (TPSA) is 43.2 Å². The van der Waals surface area contributed by atoms with E-state index in [4.69, 9.17) is 9.47 Å². The third kappa shape index (κ3) is 6.56. The molecule has 0 saturated heterocycles. The van der Waals surface area contributed by atoms with Crippen LogP contribution < -0.4 is 9.47 Å². The summed E-state index contributed by atoms with van der Waals surface area (Å²) in [5.41, 5.74) is 1.85. The monoisotopic (exact) mass is 492 g/mol. The Morgan fingerprint density at radius 2 is 0.944 bits per heavy atom. The molecular weight excluding hydrogens is 472 g/mol. The van der Waals surface area contributed by atoms with Gasteiger partial charge in [-0.1, -0.05) is 36.4 Å². The van der Waals surface area contributed by atoms with Crippen LogP contribution in [-0.2, 0) is 0 Å². The van der Waals surface area contributed by atoms with Gasteiger partial charge in [0.1, 0.15) is 36.1 Å². The highest BCUT2D eigenvalue weighted by molar-refractivity contribution is 5.83. The van der Waals surface area contributed by atoms with E-state index in [0.29, 0.717) is 34.0 Å². The van der Waals surface area contributed by atoms with E-state index >= 15 is 0 Å². The third-order valence-electron chi connectivity index (χ3n) is 4.92. The Hall–Kier alpha value is -4.46. The number of rotatable bonds is 9. The smallest absolute Gasteiger partial charge is 0.159 e. The summed E-state index contributed by atoms with van der Waals surface area (Å²) >= 11 is 0. The van der Waals surface area contributed by atoms with Gasteiger partial charge < -0.3 is 9.47 Å². The molecule has 0 aliphatic rings. The van der Waals surface area contributed by atoms with Gasteiger partial charge in [-0.25, -0.2) is 17.6 Å². The molecule has 182 valence electrons. The molecule has 36 heavy (non-hydrogen) atoms. The quantitative estimate of drug-likeness (QED) is 0.141. The van der Waals surface area contributed by atoms with E-state index in [-0.39, 0.29) is 13.2 Å². The molecule has 4 nitrogen and oxygen atoms in total. The molecule has 0 amide bonds. The van der Waals surface area contributed by atoms with Crippen molar-refractivity contribution >= 4 is 23.8 Å². The van der Waals surface area contributed by atoms with Crippen LogP contribution in [0.15, 0.2) is 94.9 Å². The van der Waals surface area contributed by atoms with Crippen LogP contribution in [-0.4, -0.2) is 25.6 Å². The summed E-state index contributed by atoms with van der Waals surface area (Å²) < 4.78 is 64.6. The number of aliphatic imine (C=N–C) groups is 2. The van der Waals surface area contributed by atoms with Gasteiger partial charge in [0.2, 0.25) is 0 Å². The first kappa shape index (κ1) is 24.7. The highest BCUT2D eigenvalue weighted by Gasteiger charge is 2.06. The van der Waals surface area contributed by atoms with Crippen LogP contribution in [0.2, 0.25) is 0 Å². The minimum absolute atomic E-state index is 0.193. The summed E-state index contributed by atoms with van der Waals surface area (Å²) in [4.78, 5) is 8.63. The Kier molecular flexibility index (Phi) is 8.08. The molecular formula is C28H20F4N2O2. The molecule has 0 aliphatic carbocycles. The Morgan fingerprint density at radius 3 is 1.36 bits per heavy atom. The van der Waals surface area contributed by atoms with E-state index in [1.807, 2.05) is 0 Å². The molecule has 4 aromatic carbocycles. The van der Waals surface area contributed by atoms with Crippen LogP contribution in [0.25, 0.3) is 0 Å². The van der Waals surface area contributed by atoms with Gasteiger partial charge in [-0.2, -0.15) is 0 Å². The van der Waals surface area contributed by atoms with Crippen molar-refractivity contribution in [2.75, 3.05) is 13.2 Å². The van der Waals surface area contributed by atoms with Crippen molar-refractivity contribution in [3.63, 3.8) is 0 Å². The third-order valence-corrected chi connectivity index (χ3v) is 4.92. The van der Waals surface area contributed by atoms with E-state index in [9.17, 15) is 17.6 Å². The van der Waals surface area contributed by atoms with Crippen molar-refractivity contribution in [3.8, 4) is 11.5 Å². The molecule has 0 unspecified atom stereocenters. The number of para-hydroxylation sites is 4. The van der Waals surface area contributed by atoms with Gasteiger partial charge in [-0.15, -0.1) is 0 Å². The van der Waals surface area contributed by atoms with E-state index in [1.165, 1.54) is 24.6 Å². The molecule has 0 aromatic heterocycles. The van der Waals surface area contributed by atoms with Gasteiger partial charge in [-0.3, -0.25) is 9.98 Å². The van der Waals surface area contributed by atoms with Crippen molar-refractivity contribution < 1.29 is 27.0 Å². The first-order valence-electron chi connectivity index (χ1n) is 10.9. The number of hydrogen-bond acceptors (Lipinski definition) is 4. The normalized spacial score (nSPS) is 11.3. The lowest BCUT2D eigenvalue weighted by Gasteiger charge is -2.11. The van der Waals surface area contributed by atoms with E-state index < -0.39 is 23.3 Å². The van der Waals surface area contributed by atoms with Crippen molar-refractivity contribution in [3.05, 3.63) is 119 Å². The van der Waals surface area contributed by atoms with Gasteiger partial charge in [-0.05, 0) is 59.7 Å². The lowest BCUT2D eigenvalue weighted by Crippen LogP contribution is -2.09. The number of ether oxygens (including phenoxy) is 2. The van der Waals surface area contributed by atoms with Crippen LogP contribution in [0.1, 0.15) is 11.1 Å². The van der Waals surface area contributed by atoms with E-state index in [1.54, 1.807) is 48.5 Å². The molecule has 0 bridgehead atoms. The zero-order chi connectivity index (χ0) is 25.3. The summed E-state index contributed by atoms with van der Waals surface area (Å²) in [6.45, 7) is 0.387. The average Bonchev–Trinajstić information content (AvgIpc) is 2.89. The number of benzene rings is 4. The first-order valence-corrected chi connectivity index (χ1v) is 10.9. The van der Waals surface area contributed by atoms with E-state index in [2.05, 4.69) is 9.98 Å². The summed E-state index contributed by atoms with van der Waals surface area (Å²) in [6, 6.07) is 21.1. The maximum atomic E-state index is 13.4. The highest BCUT2D eigenvalue weighted by atomic mass is 19.2. The first-order chi connectivity index (χ1) is 17.5. The van der Waals surface area contributed by atoms with Crippen LogP contribution in [0, 0.1) is 23.3 Å². The largest absolute Gasteiger partial charge is 0.488 e. The molecule has 0 spiro atoms. The average molecular weight is 492 g/mol. The Bertz CT molecular complexity index is 1300. The SMILES string of the molecule is Fc1ccc(C=Nc2ccccc2OCCOc2ccccc2N=Cc2ccc(F)c(F)c2)cc1F. The second-order valence-electron chi connectivity index (χ2n) is 7.50. The van der Waals surface area contributed by atoms with E-state index in [0.717, 1.165) is 24.3 Å². The van der Waals surface area contributed by atoms with Crippen molar-refractivity contribution in [1.29, 1.82) is 0 Å². The summed E-state index contributed by atoms with van der Waals surface area (Å²) in [6.07, 6.45) is 2.84. The zero-order valence-electron chi connectivity index (χ0n) is 18.9. The number of hydrogen-bond donors (Lipinski definition) is 0. The van der Waals surface area contributed by atoms with Crippen LogP contribution in [0.3, 0.4) is 0 Å². The zero-order valence-corrected chi connectivity index (χ0v) is 18.9.